The number of rotatable bonds is 5. The molecule has 1 atom stereocenters. The first kappa shape index (κ1) is 17.3. The number of carbonyl (C=O) groups excluding carboxylic acids is 1. The van der Waals surface area contributed by atoms with Crippen LogP contribution in [-0.2, 0) is 16.1 Å². The van der Waals surface area contributed by atoms with Gasteiger partial charge < -0.3 is 9.30 Å². The van der Waals surface area contributed by atoms with Crippen molar-refractivity contribution in [2.24, 2.45) is 0 Å². The molecule has 3 aromatic rings. The number of benzene rings is 2. The highest BCUT2D eigenvalue weighted by atomic mass is 16.5. The predicted molar refractivity (Wildman–Crippen MR) is 108 cm³/mol. The zero-order valence-corrected chi connectivity index (χ0v) is 15.5. The predicted octanol–water partition coefficient (Wildman–Crippen LogP) is 5.15. The highest BCUT2D eigenvalue weighted by Gasteiger charge is 2.31. The Bertz CT molecular complexity index is 954. The molecule has 2 heterocycles. The van der Waals surface area contributed by atoms with Crippen LogP contribution in [0.2, 0.25) is 0 Å². The number of hydrogen-bond donors (Lipinski definition) is 0. The van der Waals surface area contributed by atoms with Crippen molar-refractivity contribution >= 4 is 17.1 Å². The topological polar surface area (TPSA) is 31.2 Å². The molecule has 2 aromatic carbocycles. The smallest absolute Gasteiger partial charge is 0.339 e. The normalized spacial score (nSPS) is 16.6. The van der Waals surface area contributed by atoms with E-state index in [2.05, 4.69) is 35.0 Å². The van der Waals surface area contributed by atoms with Gasteiger partial charge in [-0.05, 0) is 42.2 Å². The van der Waals surface area contributed by atoms with Gasteiger partial charge >= 0.3 is 5.97 Å². The molecule has 1 unspecified atom stereocenters. The summed E-state index contributed by atoms with van der Waals surface area (Å²) in [6, 6.07) is 24.3. The number of ether oxygens (including phenoxy) is 1. The second-order valence-electron chi connectivity index (χ2n) is 6.71. The fraction of sp³-hybridized carbons (Fsp3) is 0.208. The van der Waals surface area contributed by atoms with Crippen LogP contribution in [0, 0.1) is 0 Å². The molecule has 3 heteroatoms. The highest BCUT2D eigenvalue weighted by molar-refractivity contribution is 6.25. The summed E-state index contributed by atoms with van der Waals surface area (Å²) < 4.78 is 7.77. The van der Waals surface area contributed by atoms with Crippen molar-refractivity contribution in [2.45, 2.75) is 25.8 Å². The first-order valence-electron chi connectivity index (χ1n) is 9.46. The quantitative estimate of drug-likeness (QED) is 0.359. The third-order valence-electron chi connectivity index (χ3n) is 5.12. The molecule has 3 nitrogen and oxygen atoms in total. The molecule has 1 aromatic heterocycles. The van der Waals surface area contributed by atoms with Crippen molar-refractivity contribution in [2.75, 3.05) is 6.61 Å². The zero-order chi connectivity index (χ0) is 18.6. The summed E-state index contributed by atoms with van der Waals surface area (Å²) >= 11 is 0. The van der Waals surface area contributed by atoms with E-state index in [1.165, 1.54) is 5.69 Å². The molecule has 0 fully saturated rings. The van der Waals surface area contributed by atoms with E-state index in [-0.39, 0.29) is 11.9 Å². The molecule has 0 aliphatic carbocycles. The summed E-state index contributed by atoms with van der Waals surface area (Å²) in [5.74, 6) is -0.0884. The van der Waals surface area contributed by atoms with E-state index in [9.17, 15) is 4.79 Å². The van der Waals surface area contributed by atoms with Gasteiger partial charge in [0.25, 0.3) is 0 Å². The van der Waals surface area contributed by atoms with Crippen LogP contribution >= 0.6 is 0 Å². The monoisotopic (exact) mass is 357 g/mol. The van der Waals surface area contributed by atoms with E-state index >= 15 is 0 Å². The van der Waals surface area contributed by atoms with Gasteiger partial charge in [0.15, 0.2) is 0 Å². The summed E-state index contributed by atoms with van der Waals surface area (Å²) in [4.78, 5) is 13.1. The minimum absolute atomic E-state index is 0.169. The Morgan fingerprint density at radius 3 is 2.30 bits per heavy atom. The Balaban J connectivity index is 1.98. The van der Waals surface area contributed by atoms with Gasteiger partial charge in [-0.1, -0.05) is 60.7 Å². The van der Waals surface area contributed by atoms with Crippen LogP contribution in [-0.4, -0.2) is 17.1 Å². The van der Waals surface area contributed by atoms with E-state index < -0.39 is 0 Å². The van der Waals surface area contributed by atoms with Gasteiger partial charge in [0, 0.05) is 24.4 Å². The van der Waals surface area contributed by atoms with Crippen LogP contribution in [0.25, 0.3) is 11.1 Å². The standard InChI is InChI=1S/C24H23NO2/c1-2-27-24(26)23(19-12-7-4-8-13-19)22(18-10-5-3-6-11-18)20-15-17-25-16-9-14-21(20)25/h3-14,16,20H,2,15,17H2,1H3. The second-order valence-corrected chi connectivity index (χ2v) is 6.71. The third kappa shape index (κ3) is 3.33. The van der Waals surface area contributed by atoms with Gasteiger partial charge in [0.05, 0.1) is 12.2 Å². The van der Waals surface area contributed by atoms with Gasteiger partial charge in [0.2, 0.25) is 0 Å². The minimum atomic E-state index is -0.257. The number of hydrogen-bond acceptors (Lipinski definition) is 2. The number of fused-ring (bicyclic) bond motifs is 1. The van der Waals surface area contributed by atoms with E-state index in [4.69, 9.17) is 4.74 Å². The van der Waals surface area contributed by atoms with Crippen LogP contribution in [0.15, 0.2) is 79.0 Å². The lowest BCUT2D eigenvalue weighted by Crippen LogP contribution is -2.12. The maximum absolute atomic E-state index is 13.1. The van der Waals surface area contributed by atoms with Crippen molar-refractivity contribution in [3.05, 3.63) is 95.8 Å². The van der Waals surface area contributed by atoms with Crippen molar-refractivity contribution in [1.82, 2.24) is 4.57 Å². The van der Waals surface area contributed by atoms with Gasteiger partial charge in [-0.2, -0.15) is 0 Å². The van der Waals surface area contributed by atoms with Crippen LogP contribution in [0.3, 0.4) is 0 Å². The Kier molecular flexibility index (Phi) is 4.93. The SMILES string of the molecule is CCOC(=O)C(=C(c1ccccc1)C1CCn2cccc21)c1ccccc1. The van der Waals surface area contributed by atoms with Gasteiger partial charge in [0.1, 0.15) is 0 Å². The number of aryl methyl sites for hydroxylation is 1. The van der Waals surface area contributed by atoms with Crippen molar-refractivity contribution < 1.29 is 9.53 Å². The molecule has 136 valence electrons. The number of aromatic nitrogens is 1. The van der Waals surface area contributed by atoms with Crippen LogP contribution < -0.4 is 0 Å². The summed E-state index contributed by atoms with van der Waals surface area (Å²) in [6.45, 7) is 3.18. The molecule has 0 saturated heterocycles. The van der Waals surface area contributed by atoms with Gasteiger partial charge in [-0.25, -0.2) is 4.79 Å². The van der Waals surface area contributed by atoms with Gasteiger partial charge in [-0.3, -0.25) is 0 Å². The molecule has 0 bridgehead atoms. The average molecular weight is 357 g/mol. The molecule has 0 amide bonds. The first-order valence-corrected chi connectivity index (χ1v) is 9.46. The Labute approximate surface area is 159 Å². The summed E-state index contributed by atoms with van der Waals surface area (Å²) in [5.41, 5.74) is 4.96. The first-order chi connectivity index (χ1) is 13.3. The Morgan fingerprint density at radius 1 is 0.963 bits per heavy atom. The molecule has 0 saturated carbocycles. The lowest BCUT2D eigenvalue weighted by Gasteiger charge is -2.21. The molecular weight excluding hydrogens is 334 g/mol. The van der Waals surface area contributed by atoms with Crippen molar-refractivity contribution in [1.29, 1.82) is 0 Å². The molecule has 1 aliphatic rings. The van der Waals surface area contributed by atoms with Crippen molar-refractivity contribution in [3.63, 3.8) is 0 Å². The summed E-state index contributed by atoms with van der Waals surface area (Å²) in [6.07, 6.45) is 3.10. The molecule has 27 heavy (non-hydrogen) atoms. The van der Waals surface area contributed by atoms with E-state index in [0.717, 1.165) is 29.7 Å². The van der Waals surface area contributed by atoms with E-state index in [0.29, 0.717) is 12.2 Å². The molecule has 0 radical (unpaired) electrons. The number of esters is 1. The Morgan fingerprint density at radius 2 is 1.63 bits per heavy atom. The minimum Gasteiger partial charge on any atom is -0.462 e. The highest BCUT2D eigenvalue weighted by Crippen LogP contribution is 2.44. The van der Waals surface area contributed by atoms with E-state index in [1.807, 2.05) is 55.5 Å². The fourth-order valence-electron chi connectivity index (χ4n) is 3.98. The zero-order valence-electron chi connectivity index (χ0n) is 15.5. The Hall–Kier alpha value is -3.07. The molecule has 4 rings (SSSR count). The fourth-order valence-corrected chi connectivity index (χ4v) is 3.98. The van der Waals surface area contributed by atoms with Crippen molar-refractivity contribution in [3.8, 4) is 0 Å². The number of allylic oxidation sites excluding steroid dienone is 1. The largest absolute Gasteiger partial charge is 0.462 e. The van der Waals surface area contributed by atoms with Crippen LogP contribution in [0.1, 0.15) is 36.1 Å². The maximum atomic E-state index is 13.1. The summed E-state index contributed by atoms with van der Waals surface area (Å²) in [7, 11) is 0. The molecule has 0 N–H and O–H groups in total. The average Bonchev–Trinajstić information content (AvgIpc) is 3.32. The molecular formula is C24H23NO2. The van der Waals surface area contributed by atoms with Crippen LogP contribution in [0.5, 0.6) is 0 Å². The maximum Gasteiger partial charge on any atom is 0.339 e. The third-order valence-corrected chi connectivity index (χ3v) is 5.12. The molecule has 1 aliphatic heterocycles. The second kappa shape index (κ2) is 7.67. The summed E-state index contributed by atoms with van der Waals surface area (Å²) in [5, 5.41) is 0. The van der Waals surface area contributed by atoms with E-state index in [1.54, 1.807) is 0 Å². The lowest BCUT2D eigenvalue weighted by atomic mass is 9.83. The lowest BCUT2D eigenvalue weighted by molar-refractivity contribution is -0.136. The van der Waals surface area contributed by atoms with Crippen LogP contribution in [0.4, 0.5) is 0 Å². The van der Waals surface area contributed by atoms with Gasteiger partial charge in [-0.15, -0.1) is 0 Å². The molecule has 0 spiro atoms. The number of carbonyl (C=O) groups is 1. The number of nitrogens with zero attached hydrogens (tertiary/aromatic N) is 1.